The third kappa shape index (κ3) is 5.17. The van der Waals surface area contributed by atoms with E-state index in [1.807, 2.05) is 4.57 Å². The number of aromatic nitrogens is 3. The molecule has 0 bridgehead atoms. The number of benzene rings is 1. The number of amides is 1. The zero-order valence-electron chi connectivity index (χ0n) is 18.4. The zero-order valence-corrected chi connectivity index (χ0v) is 21.5. The summed E-state index contributed by atoms with van der Waals surface area (Å²) in [5.41, 5.74) is 2.17. The van der Waals surface area contributed by atoms with Crippen LogP contribution in [0.25, 0.3) is 11.4 Å². The fourth-order valence-corrected chi connectivity index (χ4v) is 6.36. The van der Waals surface area contributed by atoms with Gasteiger partial charge in [-0.3, -0.25) is 9.36 Å². The van der Waals surface area contributed by atoms with Crippen molar-refractivity contribution in [2.45, 2.75) is 37.4 Å². The molecule has 7 nitrogen and oxygen atoms in total. The van der Waals surface area contributed by atoms with Crippen LogP contribution < -0.4 is 5.32 Å². The van der Waals surface area contributed by atoms with Crippen molar-refractivity contribution in [2.75, 3.05) is 18.2 Å². The number of esters is 1. The summed E-state index contributed by atoms with van der Waals surface area (Å²) in [5.74, 6) is -0.0128. The lowest BCUT2D eigenvalue weighted by molar-refractivity contribution is -0.113. The molecule has 0 saturated carbocycles. The van der Waals surface area contributed by atoms with Crippen molar-refractivity contribution in [3.05, 3.63) is 56.9 Å². The molecule has 2 aromatic heterocycles. The zero-order chi connectivity index (χ0) is 24.2. The van der Waals surface area contributed by atoms with E-state index in [9.17, 15) is 9.59 Å². The van der Waals surface area contributed by atoms with Crippen LogP contribution in [0, 0.1) is 0 Å². The Kier molecular flexibility index (Phi) is 7.98. The lowest BCUT2D eigenvalue weighted by Crippen LogP contribution is -2.17. The van der Waals surface area contributed by atoms with Crippen molar-refractivity contribution in [1.82, 2.24) is 14.8 Å². The number of hydrogen-bond acceptors (Lipinski definition) is 7. The third-order valence-electron chi connectivity index (χ3n) is 5.35. The fourth-order valence-electron chi connectivity index (χ4n) is 3.82. The SMILES string of the molecule is C=CCn1c(SCC(=O)Nc2sc3c(c2C(=O)OC)CCCC3)nnc1-c1ccc(Cl)cc1Cl. The first-order chi connectivity index (χ1) is 16.4. The second kappa shape index (κ2) is 10.9. The van der Waals surface area contributed by atoms with Crippen LogP contribution in [0.15, 0.2) is 36.0 Å². The average Bonchev–Trinajstić information content (AvgIpc) is 3.38. The van der Waals surface area contributed by atoms with Crippen LogP contribution in [0.2, 0.25) is 10.0 Å². The molecule has 34 heavy (non-hydrogen) atoms. The maximum atomic E-state index is 12.8. The number of fused-ring (bicyclic) bond motifs is 1. The van der Waals surface area contributed by atoms with E-state index in [0.29, 0.717) is 43.7 Å². The van der Waals surface area contributed by atoms with Crippen molar-refractivity contribution in [3.8, 4) is 11.4 Å². The molecule has 11 heteroatoms. The van der Waals surface area contributed by atoms with Gasteiger partial charge in [-0.2, -0.15) is 0 Å². The number of ether oxygens (including phenoxy) is 1. The quantitative estimate of drug-likeness (QED) is 0.219. The number of halogens is 2. The Hall–Kier alpha value is -2.33. The number of rotatable bonds is 8. The van der Waals surface area contributed by atoms with Crippen LogP contribution in [-0.2, 0) is 28.9 Å². The number of methoxy groups -OCH3 is 1. The first kappa shape index (κ1) is 24.8. The van der Waals surface area contributed by atoms with Gasteiger partial charge in [0, 0.05) is 22.0 Å². The number of carbonyl (C=O) groups is 2. The predicted octanol–water partition coefficient (Wildman–Crippen LogP) is 5.90. The summed E-state index contributed by atoms with van der Waals surface area (Å²) in [5, 5.41) is 13.5. The maximum Gasteiger partial charge on any atom is 0.341 e. The van der Waals surface area contributed by atoms with E-state index in [-0.39, 0.29) is 11.7 Å². The minimum atomic E-state index is -0.419. The molecular weight excluding hydrogens is 515 g/mol. The van der Waals surface area contributed by atoms with Gasteiger partial charge < -0.3 is 10.1 Å². The summed E-state index contributed by atoms with van der Waals surface area (Å²) >= 11 is 15.1. The normalized spacial score (nSPS) is 12.8. The van der Waals surface area contributed by atoms with Gasteiger partial charge in [-0.25, -0.2) is 4.79 Å². The molecule has 0 saturated heterocycles. The van der Waals surface area contributed by atoms with Crippen LogP contribution in [0.4, 0.5) is 5.00 Å². The minimum Gasteiger partial charge on any atom is -0.465 e. The maximum absolute atomic E-state index is 12.8. The Bertz CT molecular complexity index is 1260. The molecule has 0 aliphatic heterocycles. The molecular formula is C23H22Cl2N4O3S2. The van der Waals surface area contributed by atoms with Crippen molar-refractivity contribution in [3.63, 3.8) is 0 Å². The summed E-state index contributed by atoms with van der Waals surface area (Å²) < 4.78 is 6.81. The van der Waals surface area contributed by atoms with Gasteiger partial charge in [0.05, 0.1) is 23.4 Å². The number of hydrogen-bond donors (Lipinski definition) is 1. The Morgan fingerprint density at radius 3 is 2.82 bits per heavy atom. The van der Waals surface area contributed by atoms with Crippen LogP contribution in [0.3, 0.4) is 0 Å². The van der Waals surface area contributed by atoms with Crippen LogP contribution >= 0.6 is 46.3 Å². The molecule has 3 aromatic rings. The van der Waals surface area contributed by atoms with Crippen molar-refractivity contribution < 1.29 is 14.3 Å². The topological polar surface area (TPSA) is 86.1 Å². The van der Waals surface area contributed by atoms with Crippen molar-refractivity contribution in [1.29, 1.82) is 0 Å². The first-order valence-electron chi connectivity index (χ1n) is 10.6. The minimum absolute atomic E-state index is 0.0901. The molecule has 0 unspecified atom stereocenters. The number of aryl methyl sites for hydroxylation is 1. The molecule has 1 N–H and O–H groups in total. The highest BCUT2D eigenvalue weighted by Crippen LogP contribution is 2.39. The molecule has 178 valence electrons. The standard InChI is InChI=1S/C23H22Cl2N4O3S2/c1-3-10-29-20(14-9-8-13(24)11-16(14)25)27-28-23(29)33-12-18(30)26-21-19(22(31)32-2)15-6-4-5-7-17(15)34-21/h3,8-9,11H,1,4-7,10,12H2,2H3,(H,26,30). The van der Waals surface area contributed by atoms with E-state index in [2.05, 4.69) is 22.1 Å². The molecule has 0 atom stereocenters. The third-order valence-corrected chi connectivity index (χ3v) is 8.07. The van der Waals surface area contributed by atoms with E-state index in [1.165, 1.54) is 30.2 Å². The number of allylic oxidation sites excluding steroid dienone is 1. The summed E-state index contributed by atoms with van der Waals surface area (Å²) in [4.78, 5) is 26.4. The van der Waals surface area contributed by atoms with Gasteiger partial charge in [0.25, 0.3) is 0 Å². The molecule has 1 amide bonds. The largest absolute Gasteiger partial charge is 0.465 e. The summed E-state index contributed by atoms with van der Waals surface area (Å²) in [6.07, 6.45) is 5.56. The van der Waals surface area contributed by atoms with E-state index < -0.39 is 5.97 Å². The Morgan fingerprint density at radius 1 is 1.29 bits per heavy atom. The lowest BCUT2D eigenvalue weighted by Gasteiger charge is -2.11. The molecule has 0 fully saturated rings. The molecule has 1 aromatic carbocycles. The van der Waals surface area contributed by atoms with Crippen LogP contribution in [0.1, 0.15) is 33.6 Å². The second-order valence-electron chi connectivity index (χ2n) is 7.57. The lowest BCUT2D eigenvalue weighted by atomic mass is 9.95. The molecule has 1 aliphatic carbocycles. The Labute approximate surface area is 215 Å². The summed E-state index contributed by atoms with van der Waals surface area (Å²) in [6.45, 7) is 4.24. The van der Waals surface area contributed by atoms with Crippen molar-refractivity contribution in [2.24, 2.45) is 0 Å². The van der Waals surface area contributed by atoms with E-state index in [4.69, 9.17) is 27.9 Å². The molecule has 2 heterocycles. The van der Waals surface area contributed by atoms with Gasteiger partial charge >= 0.3 is 5.97 Å². The highest BCUT2D eigenvalue weighted by molar-refractivity contribution is 7.99. The number of nitrogens with zero attached hydrogens (tertiary/aromatic N) is 3. The van der Waals surface area contributed by atoms with Gasteiger partial charge in [0.15, 0.2) is 11.0 Å². The van der Waals surface area contributed by atoms with Gasteiger partial charge in [-0.15, -0.1) is 28.1 Å². The number of anilines is 1. The number of thioether (sulfide) groups is 1. The van der Waals surface area contributed by atoms with E-state index >= 15 is 0 Å². The van der Waals surface area contributed by atoms with Crippen LogP contribution in [0.5, 0.6) is 0 Å². The highest BCUT2D eigenvalue weighted by Gasteiger charge is 2.27. The predicted molar refractivity (Wildman–Crippen MR) is 137 cm³/mol. The van der Waals surface area contributed by atoms with Gasteiger partial charge in [0.2, 0.25) is 5.91 Å². The Morgan fingerprint density at radius 2 is 2.09 bits per heavy atom. The highest BCUT2D eigenvalue weighted by atomic mass is 35.5. The monoisotopic (exact) mass is 536 g/mol. The van der Waals surface area contributed by atoms with Gasteiger partial charge in [-0.1, -0.05) is 41.0 Å². The molecule has 0 radical (unpaired) electrons. The molecule has 0 spiro atoms. The smallest absolute Gasteiger partial charge is 0.341 e. The van der Waals surface area contributed by atoms with E-state index in [1.54, 1.807) is 24.3 Å². The molecule has 1 aliphatic rings. The fraction of sp³-hybridized carbons (Fsp3) is 0.304. The number of nitrogens with one attached hydrogen (secondary N) is 1. The van der Waals surface area contributed by atoms with Gasteiger partial charge in [0.1, 0.15) is 5.00 Å². The second-order valence-corrected chi connectivity index (χ2v) is 10.5. The van der Waals surface area contributed by atoms with Crippen molar-refractivity contribution >= 4 is 63.2 Å². The first-order valence-corrected chi connectivity index (χ1v) is 13.1. The number of carbonyl (C=O) groups excluding carboxylic acids is 2. The summed E-state index contributed by atoms with van der Waals surface area (Å²) in [6, 6.07) is 5.16. The average molecular weight is 537 g/mol. The summed E-state index contributed by atoms with van der Waals surface area (Å²) in [7, 11) is 1.35. The Balaban J connectivity index is 1.52. The van der Waals surface area contributed by atoms with E-state index in [0.717, 1.165) is 36.1 Å². The number of thiophene rings is 1. The van der Waals surface area contributed by atoms with Crippen LogP contribution in [-0.4, -0.2) is 39.5 Å². The molecule has 4 rings (SSSR count). The van der Waals surface area contributed by atoms with Gasteiger partial charge in [-0.05, 0) is 49.4 Å².